The summed E-state index contributed by atoms with van der Waals surface area (Å²) < 4.78 is 0. The minimum absolute atomic E-state index is 0.284. The summed E-state index contributed by atoms with van der Waals surface area (Å²) in [5.41, 5.74) is 6.03. The summed E-state index contributed by atoms with van der Waals surface area (Å²) in [7, 11) is 0. The fourth-order valence-electron chi connectivity index (χ4n) is 1.24. The lowest BCUT2D eigenvalue weighted by Crippen LogP contribution is -2.40. The van der Waals surface area contributed by atoms with Crippen LogP contribution in [-0.2, 0) is 9.63 Å². The number of nitrogens with two attached hydrogens (primary N) is 1. The van der Waals surface area contributed by atoms with Crippen LogP contribution in [0.5, 0.6) is 0 Å². The average molecular weight is 224 g/mol. The van der Waals surface area contributed by atoms with Crippen LogP contribution >= 0.6 is 0 Å². The molecule has 3 N–H and O–H groups in total. The number of nitrogens with zero attached hydrogens (tertiary/aromatic N) is 1. The number of para-hydroxylation sites is 1. The SMILES string of the molecule is C[C@@H](C(=O)O)N(OCCN)c1ccccc1. The van der Waals surface area contributed by atoms with Crippen LogP contribution in [0.25, 0.3) is 0 Å². The maximum Gasteiger partial charge on any atom is 0.328 e. The average Bonchev–Trinajstić information content (AvgIpc) is 2.30. The smallest absolute Gasteiger partial charge is 0.328 e. The predicted molar refractivity (Wildman–Crippen MR) is 61.0 cm³/mol. The van der Waals surface area contributed by atoms with E-state index in [-0.39, 0.29) is 6.61 Å². The maximum atomic E-state index is 10.9. The number of carboxylic acids is 1. The number of aliphatic carboxylic acids is 1. The number of hydrogen-bond donors (Lipinski definition) is 2. The van der Waals surface area contributed by atoms with Crippen LogP contribution in [0.3, 0.4) is 0 Å². The first-order valence-electron chi connectivity index (χ1n) is 5.07. The zero-order valence-electron chi connectivity index (χ0n) is 9.17. The molecule has 5 heteroatoms. The van der Waals surface area contributed by atoms with Gasteiger partial charge in [0, 0.05) is 6.54 Å². The molecule has 0 aliphatic carbocycles. The molecule has 0 aromatic heterocycles. The number of hydroxylamine groups is 1. The highest BCUT2D eigenvalue weighted by Gasteiger charge is 2.21. The first-order valence-corrected chi connectivity index (χ1v) is 5.07. The Balaban J connectivity index is 2.83. The van der Waals surface area contributed by atoms with Gasteiger partial charge in [-0.3, -0.25) is 4.84 Å². The Hall–Kier alpha value is -1.59. The van der Waals surface area contributed by atoms with E-state index in [1.165, 1.54) is 5.06 Å². The van der Waals surface area contributed by atoms with E-state index in [1.807, 2.05) is 18.2 Å². The van der Waals surface area contributed by atoms with Crippen LogP contribution in [0.4, 0.5) is 5.69 Å². The van der Waals surface area contributed by atoms with Crippen molar-refractivity contribution >= 4 is 11.7 Å². The number of benzene rings is 1. The van der Waals surface area contributed by atoms with E-state index < -0.39 is 12.0 Å². The Morgan fingerprint density at radius 2 is 2.12 bits per heavy atom. The van der Waals surface area contributed by atoms with Gasteiger partial charge in [0.2, 0.25) is 0 Å². The van der Waals surface area contributed by atoms with E-state index in [2.05, 4.69) is 0 Å². The molecule has 1 aromatic rings. The van der Waals surface area contributed by atoms with Crippen LogP contribution < -0.4 is 10.8 Å². The van der Waals surface area contributed by atoms with E-state index in [9.17, 15) is 4.79 Å². The van der Waals surface area contributed by atoms with E-state index in [4.69, 9.17) is 15.7 Å². The lowest BCUT2D eigenvalue weighted by atomic mass is 10.2. The molecule has 16 heavy (non-hydrogen) atoms. The lowest BCUT2D eigenvalue weighted by Gasteiger charge is -2.27. The zero-order chi connectivity index (χ0) is 12.0. The van der Waals surface area contributed by atoms with Crippen molar-refractivity contribution in [1.29, 1.82) is 0 Å². The molecule has 0 fully saturated rings. The van der Waals surface area contributed by atoms with Gasteiger partial charge in [-0.05, 0) is 19.1 Å². The van der Waals surface area contributed by atoms with Gasteiger partial charge < -0.3 is 10.8 Å². The maximum absolute atomic E-state index is 10.9. The van der Waals surface area contributed by atoms with Crippen molar-refractivity contribution < 1.29 is 14.7 Å². The lowest BCUT2D eigenvalue weighted by molar-refractivity contribution is -0.140. The van der Waals surface area contributed by atoms with Crippen molar-refractivity contribution in [2.75, 3.05) is 18.2 Å². The normalized spacial score (nSPS) is 12.1. The van der Waals surface area contributed by atoms with Crippen LogP contribution in [0.2, 0.25) is 0 Å². The van der Waals surface area contributed by atoms with Crippen molar-refractivity contribution in [3.63, 3.8) is 0 Å². The van der Waals surface area contributed by atoms with Crippen LogP contribution in [0.15, 0.2) is 30.3 Å². The minimum Gasteiger partial charge on any atom is -0.480 e. The summed E-state index contributed by atoms with van der Waals surface area (Å²) in [6, 6.07) is 8.32. The predicted octanol–water partition coefficient (Wildman–Crippen LogP) is 0.856. The number of carboxylic acid groups (broad SMARTS) is 1. The zero-order valence-corrected chi connectivity index (χ0v) is 9.17. The largest absolute Gasteiger partial charge is 0.480 e. The van der Waals surface area contributed by atoms with Crippen molar-refractivity contribution in [2.45, 2.75) is 13.0 Å². The second-order valence-corrected chi connectivity index (χ2v) is 3.30. The van der Waals surface area contributed by atoms with Crippen LogP contribution in [0, 0.1) is 0 Å². The molecule has 0 spiro atoms. The van der Waals surface area contributed by atoms with Crippen molar-refractivity contribution in [3.05, 3.63) is 30.3 Å². The molecule has 1 rings (SSSR count). The molecule has 0 amide bonds. The molecule has 0 heterocycles. The molecule has 1 aromatic carbocycles. The standard InChI is InChI=1S/C11H16N2O3/c1-9(11(14)15)13(16-8-7-12)10-5-3-2-4-6-10/h2-6,9H,7-8,12H2,1H3,(H,14,15)/t9-/m0/s1. The van der Waals surface area contributed by atoms with Gasteiger partial charge in [0.05, 0.1) is 12.3 Å². The highest BCUT2D eigenvalue weighted by Crippen LogP contribution is 2.16. The summed E-state index contributed by atoms with van der Waals surface area (Å²) in [6.07, 6.45) is 0. The third kappa shape index (κ3) is 3.22. The third-order valence-electron chi connectivity index (χ3n) is 2.07. The molecular formula is C11H16N2O3. The van der Waals surface area contributed by atoms with Gasteiger partial charge in [-0.25, -0.2) is 9.86 Å². The van der Waals surface area contributed by atoms with Gasteiger partial charge in [-0.15, -0.1) is 0 Å². The van der Waals surface area contributed by atoms with Gasteiger partial charge in [0.1, 0.15) is 0 Å². The minimum atomic E-state index is -0.944. The van der Waals surface area contributed by atoms with Gasteiger partial charge >= 0.3 is 5.97 Å². The molecule has 1 atom stereocenters. The van der Waals surface area contributed by atoms with E-state index in [0.717, 1.165) is 0 Å². The highest BCUT2D eigenvalue weighted by atomic mass is 16.7. The molecular weight excluding hydrogens is 208 g/mol. The highest BCUT2D eigenvalue weighted by molar-refractivity contribution is 5.76. The van der Waals surface area contributed by atoms with Gasteiger partial charge in [-0.1, -0.05) is 18.2 Å². The molecule has 0 radical (unpaired) electrons. The molecule has 5 nitrogen and oxygen atoms in total. The molecule has 0 saturated carbocycles. The topological polar surface area (TPSA) is 75.8 Å². The summed E-state index contributed by atoms with van der Waals surface area (Å²) in [6.45, 7) is 2.19. The van der Waals surface area contributed by atoms with Crippen molar-refractivity contribution in [2.24, 2.45) is 5.73 Å². The van der Waals surface area contributed by atoms with Gasteiger partial charge in [0.15, 0.2) is 6.04 Å². The Bertz CT molecular complexity index is 329. The summed E-state index contributed by atoms with van der Waals surface area (Å²) >= 11 is 0. The molecule has 0 unspecified atom stereocenters. The van der Waals surface area contributed by atoms with Crippen molar-refractivity contribution in [1.82, 2.24) is 0 Å². The molecule has 0 saturated heterocycles. The third-order valence-corrected chi connectivity index (χ3v) is 2.07. The Morgan fingerprint density at radius 3 is 2.62 bits per heavy atom. The Labute approximate surface area is 94.4 Å². The molecule has 0 aliphatic heterocycles. The van der Waals surface area contributed by atoms with Gasteiger partial charge in [-0.2, -0.15) is 0 Å². The van der Waals surface area contributed by atoms with Crippen LogP contribution in [-0.4, -0.2) is 30.3 Å². The summed E-state index contributed by atoms with van der Waals surface area (Å²) in [5.74, 6) is -0.944. The fraction of sp³-hybridized carbons (Fsp3) is 0.364. The number of carbonyl (C=O) groups is 1. The molecule has 0 bridgehead atoms. The van der Waals surface area contributed by atoms with Gasteiger partial charge in [0.25, 0.3) is 0 Å². The first-order chi connectivity index (χ1) is 7.66. The van der Waals surface area contributed by atoms with E-state index in [1.54, 1.807) is 19.1 Å². The van der Waals surface area contributed by atoms with E-state index >= 15 is 0 Å². The quantitative estimate of drug-likeness (QED) is 0.701. The molecule has 88 valence electrons. The second kappa shape index (κ2) is 6.09. The Kier molecular flexibility index (Phi) is 4.75. The number of rotatable bonds is 6. The number of anilines is 1. The van der Waals surface area contributed by atoms with Crippen molar-refractivity contribution in [3.8, 4) is 0 Å². The second-order valence-electron chi connectivity index (χ2n) is 3.30. The monoisotopic (exact) mass is 224 g/mol. The molecule has 0 aliphatic rings. The Morgan fingerprint density at radius 1 is 1.50 bits per heavy atom. The fourth-order valence-corrected chi connectivity index (χ4v) is 1.24. The summed E-state index contributed by atoms with van der Waals surface area (Å²) in [5, 5.41) is 10.3. The first kappa shape index (κ1) is 12.5. The van der Waals surface area contributed by atoms with E-state index in [0.29, 0.717) is 12.2 Å². The van der Waals surface area contributed by atoms with Crippen LogP contribution in [0.1, 0.15) is 6.92 Å². The number of hydrogen-bond acceptors (Lipinski definition) is 4. The summed E-state index contributed by atoms with van der Waals surface area (Å²) in [4.78, 5) is 16.3.